The molecule has 0 unspecified atom stereocenters. The van der Waals surface area contributed by atoms with Gasteiger partial charge in [-0.3, -0.25) is 4.98 Å². The first-order valence-electron chi connectivity index (χ1n) is 6.52. The summed E-state index contributed by atoms with van der Waals surface area (Å²) in [6.07, 6.45) is 1.80. The van der Waals surface area contributed by atoms with E-state index >= 15 is 0 Å². The van der Waals surface area contributed by atoms with Crippen LogP contribution in [0.4, 0.5) is 0 Å². The average Bonchev–Trinajstić information content (AvgIpc) is 2.42. The summed E-state index contributed by atoms with van der Waals surface area (Å²) in [6, 6.07) is 10.1. The molecule has 2 aromatic rings. The van der Waals surface area contributed by atoms with Crippen molar-refractivity contribution in [1.29, 1.82) is 0 Å². The maximum absolute atomic E-state index is 5.81. The molecule has 2 rings (SSSR count). The van der Waals surface area contributed by atoms with Crippen molar-refractivity contribution >= 4 is 16.9 Å². The highest BCUT2D eigenvalue weighted by atomic mass is 15.1. The second-order valence-electron chi connectivity index (χ2n) is 5.01. The molecule has 0 atom stereocenters. The molecule has 0 aliphatic carbocycles. The zero-order chi connectivity index (χ0) is 13.7. The van der Waals surface area contributed by atoms with Crippen molar-refractivity contribution in [2.45, 2.75) is 20.4 Å². The average molecular weight is 256 g/mol. The zero-order valence-electron chi connectivity index (χ0n) is 11.4. The number of fused-ring (bicyclic) bond motifs is 1. The molecule has 3 N–H and O–H groups in total. The van der Waals surface area contributed by atoms with Crippen LogP contribution in [0.5, 0.6) is 0 Å². The lowest BCUT2D eigenvalue weighted by molar-refractivity contribution is 0.622. The van der Waals surface area contributed by atoms with Gasteiger partial charge in [-0.15, -0.1) is 0 Å². The van der Waals surface area contributed by atoms with E-state index in [1.807, 2.05) is 18.2 Å². The zero-order valence-corrected chi connectivity index (χ0v) is 11.4. The van der Waals surface area contributed by atoms with Crippen LogP contribution in [0.1, 0.15) is 19.4 Å². The van der Waals surface area contributed by atoms with E-state index in [1.54, 1.807) is 6.20 Å². The van der Waals surface area contributed by atoms with Gasteiger partial charge in [0.25, 0.3) is 0 Å². The SMILES string of the molecule is CC(C)CNC(N)=NCc1ccc2ncccc2c1. The molecule has 0 amide bonds. The van der Waals surface area contributed by atoms with Crippen LogP contribution in [0.2, 0.25) is 0 Å². The van der Waals surface area contributed by atoms with E-state index in [4.69, 9.17) is 5.73 Å². The summed E-state index contributed by atoms with van der Waals surface area (Å²) >= 11 is 0. The van der Waals surface area contributed by atoms with Gasteiger partial charge in [0.15, 0.2) is 5.96 Å². The lowest BCUT2D eigenvalue weighted by Gasteiger charge is -2.08. The highest BCUT2D eigenvalue weighted by Gasteiger charge is 1.98. The number of rotatable bonds is 4. The summed E-state index contributed by atoms with van der Waals surface area (Å²) in [6.45, 7) is 5.70. The number of hydrogen-bond acceptors (Lipinski definition) is 2. The number of aromatic nitrogens is 1. The Morgan fingerprint density at radius 3 is 3.00 bits per heavy atom. The number of guanidine groups is 1. The Kier molecular flexibility index (Phi) is 4.34. The fourth-order valence-electron chi connectivity index (χ4n) is 1.76. The van der Waals surface area contributed by atoms with E-state index in [0.717, 1.165) is 23.0 Å². The standard InChI is InChI=1S/C15H20N4/c1-11(2)9-18-15(16)19-10-12-5-6-14-13(8-12)4-3-7-17-14/h3-8,11H,9-10H2,1-2H3,(H3,16,18,19). The molecule has 0 spiro atoms. The number of hydrogen-bond donors (Lipinski definition) is 2. The quantitative estimate of drug-likeness (QED) is 0.651. The largest absolute Gasteiger partial charge is 0.370 e. The smallest absolute Gasteiger partial charge is 0.188 e. The van der Waals surface area contributed by atoms with Crippen LogP contribution >= 0.6 is 0 Å². The second kappa shape index (κ2) is 6.18. The molecule has 0 aliphatic heterocycles. The Bertz CT molecular complexity index is 575. The monoisotopic (exact) mass is 256 g/mol. The Labute approximate surface area is 113 Å². The minimum absolute atomic E-state index is 0.500. The van der Waals surface area contributed by atoms with Gasteiger partial charge in [-0.1, -0.05) is 26.0 Å². The van der Waals surface area contributed by atoms with Gasteiger partial charge in [-0.2, -0.15) is 0 Å². The maximum Gasteiger partial charge on any atom is 0.188 e. The topological polar surface area (TPSA) is 63.3 Å². The number of benzene rings is 1. The fourth-order valence-corrected chi connectivity index (χ4v) is 1.76. The summed E-state index contributed by atoms with van der Waals surface area (Å²) in [7, 11) is 0. The first-order chi connectivity index (χ1) is 9.15. The van der Waals surface area contributed by atoms with Crippen molar-refractivity contribution in [3.05, 3.63) is 42.1 Å². The minimum Gasteiger partial charge on any atom is -0.370 e. The van der Waals surface area contributed by atoms with Crippen molar-refractivity contribution in [1.82, 2.24) is 10.3 Å². The highest BCUT2D eigenvalue weighted by molar-refractivity contribution is 5.79. The Morgan fingerprint density at radius 1 is 1.37 bits per heavy atom. The lowest BCUT2D eigenvalue weighted by Crippen LogP contribution is -2.34. The van der Waals surface area contributed by atoms with Crippen molar-refractivity contribution in [2.24, 2.45) is 16.6 Å². The number of nitrogens with one attached hydrogen (secondary N) is 1. The predicted octanol–water partition coefficient (Wildman–Crippen LogP) is 2.30. The predicted molar refractivity (Wildman–Crippen MR) is 79.9 cm³/mol. The van der Waals surface area contributed by atoms with Crippen LogP contribution < -0.4 is 11.1 Å². The van der Waals surface area contributed by atoms with E-state index in [0.29, 0.717) is 18.4 Å². The molecule has 0 fully saturated rings. The molecular weight excluding hydrogens is 236 g/mol. The van der Waals surface area contributed by atoms with Gasteiger partial charge in [0, 0.05) is 18.1 Å². The van der Waals surface area contributed by atoms with Crippen LogP contribution in [0, 0.1) is 5.92 Å². The fraction of sp³-hybridized carbons (Fsp3) is 0.333. The molecular formula is C15H20N4. The normalized spacial score (nSPS) is 12.1. The molecule has 0 saturated heterocycles. The van der Waals surface area contributed by atoms with E-state index in [2.05, 4.69) is 41.3 Å². The van der Waals surface area contributed by atoms with Crippen LogP contribution in [-0.4, -0.2) is 17.5 Å². The Balaban J connectivity index is 2.03. The molecule has 4 nitrogen and oxygen atoms in total. The van der Waals surface area contributed by atoms with Gasteiger partial charge in [0.2, 0.25) is 0 Å². The molecule has 0 radical (unpaired) electrons. The van der Waals surface area contributed by atoms with Crippen molar-refractivity contribution in [3.8, 4) is 0 Å². The molecule has 100 valence electrons. The molecule has 1 aromatic heterocycles. The van der Waals surface area contributed by atoms with Gasteiger partial charge in [-0.25, -0.2) is 4.99 Å². The van der Waals surface area contributed by atoms with Crippen LogP contribution in [-0.2, 0) is 6.54 Å². The summed E-state index contributed by atoms with van der Waals surface area (Å²) in [4.78, 5) is 8.63. The minimum atomic E-state index is 0.500. The first kappa shape index (κ1) is 13.3. The number of nitrogens with two attached hydrogens (primary N) is 1. The highest BCUT2D eigenvalue weighted by Crippen LogP contribution is 2.13. The molecule has 0 bridgehead atoms. The third kappa shape index (κ3) is 3.95. The molecule has 19 heavy (non-hydrogen) atoms. The third-order valence-electron chi connectivity index (χ3n) is 2.79. The van der Waals surface area contributed by atoms with Crippen molar-refractivity contribution < 1.29 is 0 Å². The van der Waals surface area contributed by atoms with Crippen molar-refractivity contribution in [2.75, 3.05) is 6.54 Å². The maximum atomic E-state index is 5.81. The Morgan fingerprint density at radius 2 is 2.21 bits per heavy atom. The van der Waals surface area contributed by atoms with E-state index in [-0.39, 0.29) is 0 Å². The van der Waals surface area contributed by atoms with Gasteiger partial charge in [0.1, 0.15) is 0 Å². The van der Waals surface area contributed by atoms with Crippen LogP contribution in [0.3, 0.4) is 0 Å². The molecule has 1 heterocycles. The van der Waals surface area contributed by atoms with E-state index in [1.165, 1.54) is 0 Å². The van der Waals surface area contributed by atoms with Gasteiger partial charge in [0.05, 0.1) is 12.1 Å². The lowest BCUT2D eigenvalue weighted by atomic mass is 10.1. The number of aliphatic imine (C=N–C) groups is 1. The second-order valence-corrected chi connectivity index (χ2v) is 5.01. The molecule has 1 aromatic carbocycles. The third-order valence-corrected chi connectivity index (χ3v) is 2.79. The summed E-state index contributed by atoms with van der Waals surface area (Å²) < 4.78 is 0. The molecule has 0 aliphatic rings. The van der Waals surface area contributed by atoms with Crippen LogP contribution in [0.25, 0.3) is 10.9 Å². The van der Waals surface area contributed by atoms with E-state index in [9.17, 15) is 0 Å². The summed E-state index contributed by atoms with van der Waals surface area (Å²) in [5, 5.41) is 4.23. The first-order valence-corrected chi connectivity index (χ1v) is 6.52. The van der Waals surface area contributed by atoms with Crippen LogP contribution in [0.15, 0.2) is 41.5 Å². The molecule has 0 saturated carbocycles. The summed E-state index contributed by atoms with van der Waals surface area (Å²) in [5.74, 6) is 1.06. The number of pyridine rings is 1. The Hall–Kier alpha value is -2.10. The van der Waals surface area contributed by atoms with Crippen molar-refractivity contribution in [3.63, 3.8) is 0 Å². The molecule has 4 heteroatoms. The number of nitrogens with zero attached hydrogens (tertiary/aromatic N) is 2. The van der Waals surface area contributed by atoms with Gasteiger partial charge in [-0.05, 0) is 29.7 Å². The van der Waals surface area contributed by atoms with Gasteiger partial charge >= 0.3 is 0 Å². The van der Waals surface area contributed by atoms with Gasteiger partial charge < -0.3 is 11.1 Å². The summed E-state index contributed by atoms with van der Waals surface area (Å²) in [5.41, 5.74) is 7.94. The van der Waals surface area contributed by atoms with E-state index < -0.39 is 0 Å².